The zero-order chi connectivity index (χ0) is 13.7. The molecule has 4 nitrogen and oxygen atoms in total. The fourth-order valence-corrected chi connectivity index (χ4v) is 3.89. The van der Waals surface area contributed by atoms with Gasteiger partial charge in [0.15, 0.2) is 0 Å². The highest BCUT2D eigenvalue weighted by molar-refractivity contribution is 7.89. The average molecular weight is 283 g/mol. The normalized spacial score (nSPS) is 23.9. The number of hydrogen-bond acceptors (Lipinski definition) is 3. The molecule has 0 aliphatic carbocycles. The minimum absolute atomic E-state index is 0.0438. The smallest absolute Gasteiger partial charge is 0.217 e. The summed E-state index contributed by atoms with van der Waals surface area (Å²) in [6.07, 6.45) is 1.79. The summed E-state index contributed by atoms with van der Waals surface area (Å²) in [5, 5.41) is 0. The molecule has 106 valence electrons. The van der Waals surface area contributed by atoms with E-state index in [4.69, 9.17) is 4.74 Å². The van der Waals surface area contributed by atoms with Crippen molar-refractivity contribution < 1.29 is 13.2 Å². The Bertz CT molecular complexity index is 487. The van der Waals surface area contributed by atoms with Gasteiger partial charge in [-0.2, -0.15) is 4.31 Å². The molecule has 1 saturated heterocycles. The van der Waals surface area contributed by atoms with Crippen LogP contribution >= 0.6 is 0 Å². The SMILES string of the molecule is CCC[C@H]1COCCS(=O)(=O)N1Cc1ccccc1. The van der Waals surface area contributed by atoms with Crippen LogP contribution in [0, 0.1) is 0 Å². The molecule has 0 bridgehead atoms. The fourth-order valence-electron chi connectivity index (χ4n) is 2.36. The Hall–Kier alpha value is -0.910. The second-order valence-corrected chi connectivity index (χ2v) is 6.91. The third kappa shape index (κ3) is 3.78. The largest absolute Gasteiger partial charge is 0.379 e. The van der Waals surface area contributed by atoms with E-state index in [0.29, 0.717) is 19.8 Å². The molecule has 0 aromatic heterocycles. The van der Waals surface area contributed by atoms with Gasteiger partial charge in [-0.1, -0.05) is 43.7 Å². The molecule has 1 aliphatic heterocycles. The molecule has 19 heavy (non-hydrogen) atoms. The van der Waals surface area contributed by atoms with E-state index >= 15 is 0 Å². The van der Waals surface area contributed by atoms with Crippen LogP contribution in [0.5, 0.6) is 0 Å². The van der Waals surface area contributed by atoms with Crippen molar-refractivity contribution in [2.75, 3.05) is 19.0 Å². The van der Waals surface area contributed by atoms with Crippen LogP contribution < -0.4 is 0 Å². The Labute approximate surface area is 115 Å². The summed E-state index contributed by atoms with van der Waals surface area (Å²) in [7, 11) is -3.22. The summed E-state index contributed by atoms with van der Waals surface area (Å²) < 4.78 is 31.7. The third-order valence-corrected chi connectivity index (χ3v) is 5.19. The van der Waals surface area contributed by atoms with Gasteiger partial charge in [0.1, 0.15) is 0 Å². The van der Waals surface area contributed by atoms with E-state index in [1.807, 2.05) is 30.3 Å². The second-order valence-electron chi connectivity index (χ2n) is 4.86. The van der Waals surface area contributed by atoms with Crippen molar-refractivity contribution in [1.82, 2.24) is 4.31 Å². The standard InChI is InChI=1S/C14H21NO3S/c1-2-6-14-12-18-9-10-19(16,17)15(14)11-13-7-4-3-5-8-13/h3-5,7-8,14H,2,6,9-12H2,1H3/t14-/m0/s1. The maximum Gasteiger partial charge on any atom is 0.217 e. The molecular weight excluding hydrogens is 262 g/mol. The van der Waals surface area contributed by atoms with Gasteiger partial charge >= 0.3 is 0 Å². The minimum Gasteiger partial charge on any atom is -0.379 e. The van der Waals surface area contributed by atoms with Crippen LogP contribution in [0.15, 0.2) is 30.3 Å². The molecule has 1 aromatic carbocycles. The van der Waals surface area contributed by atoms with Crippen molar-refractivity contribution in [2.24, 2.45) is 0 Å². The first kappa shape index (κ1) is 14.5. The first-order valence-electron chi connectivity index (χ1n) is 6.74. The van der Waals surface area contributed by atoms with Gasteiger partial charge in [0.25, 0.3) is 0 Å². The van der Waals surface area contributed by atoms with Crippen LogP contribution in [0.25, 0.3) is 0 Å². The van der Waals surface area contributed by atoms with Gasteiger partial charge in [-0.25, -0.2) is 8.42 Å². The number of ether oxygens (including phenoxy) is 1. The van der Waals surface area contributed by atoms with E-state index in [1.165, 1.54) is 0 Å². The van der Waals surface area contributed by atoms with E-state index in [9.17, 15) is 8.42 Å². The molecule has 2 rings (SSSR count). The number of nitrogens with zero attached hydrogens (tertiary/aromatic N) is 1. The first-order valence-corrected chi connectivity index (χ1v) is 8.35. The van der Waals surface area contributed by atoms with Gasteiger partial charge < -0.3 is 4.74 Å². The highest BCUT2D eigenvalue weighted by Crippen LogP contribution is 2.20. The van der Waals surface area contributed by atoms with Crippen molar-refractivity contribution in [2.45, 2.75) is 32.4 Å². The van der Waals surface area contributed by atoms with Crippen molar-refractivity contribution in [1.29, 1.82) is 0 Å². The highest BCUT2D eigenvalue weighted by Gasteiger charge is 2.32. The molecule has 0 spiro atoms. The summed E-state index contributed by atoms with van der Waals surface area (Å²) in [4.78, 5) is 0. The van der Waals surface area contributed by atoms with E-state index in [1.54, 1.807) is 4.31 Å². The molecule has 0 amide bonds. The van der Waals surface area contributed by atoms with Gasteiger partial charge in [-0.3, -0.25) is 0 Å². The first-order chi connectivity index (χ1) is 9.13. The van der Waals surface area contributed by atoms with Crippen LogP contribution in [-0.2, 0) is 21.3 Å². The maximum atomic E-state index is 12.3. The van der Waals surface area contributed by atoms with Crippen molar-refractivity contribution in [3.05, 3.63) is 35.9 Å². The molecular formula is C14H21NO3S. The van der Waals surface area contributed by atoms with Crippen LogP contribution in [0.4, 0.5) is 0 Å². The van der Waals surface area contributed by atoms with Gasteiger partial charge in [0.2, 0.25) is 10.0 Å². The number of benzene rings is 1. The van der Waals surface area contributed by atoms with Gasteiger partial charge in [-0.05, 0) is 12.0 Å². The zero-order valence-electron chi connectivity index (χ0n) is 11.3. The summed E-state index contributed by atoms with van der Waals surface area (Å²) in [6.45, 7) is 3.31. The predicted octanol–water partition coefficient (Wildman–Crippen LogP) is 2.02. The van der Waals surface area contributed by atoms with E-state index < -0.39 is 10.0 Å². The lowest BCUT2D eigenvalue weighted by atomic mass is 10.1. The summed E-state index contributed by atoms with van der Waals surface area (Å²) in [6, 6.07) is 9.69. The Morgan fingerprint density at radius 3 is 2.74 bits per heavy atom. The predicted molar refractivity (Wildman–Crippen MR) is 75.3 cm³/mol. The quantitative estimate of drug-likeness (QED) is 0.849. The molecule has 0 radical (unpaired) electrons. The van der Waals surface area contributed by atoms with Gasteiger partial charge in [-0.15, -0.1) is 0 Å². The van der Waals surface area contributed by atoms with Crippen LogP contribution in [0.1, 0.15) is 25.3 Å². The lowest BCUT2D eigenvalue weighted by molar-refractivity contribution is 0.105. The average Bonchev–Trinajstić information content (AvgIpc) is 2.53. The molecule has 0 unspecified atom stereocenters. The second kappa shape index (κ2) is 6.50. The molecule has 5 heteroatoms. The molecule has 1 heterocycles. The summed E-state index contributed by atoms with van der Waals surface area (Å²) >= 11 is 0. The molecule has 0 N–H and O–H groups in total. The Kier molecular flexibility index (Phi) is 4.96. The van der Waals surface area contributed by atoms with Gasteiger partial charge in [0.05, 0.1) is 19.0 Å². The van der Waals surface area contributed by atoms with Gasteiger partial charge in [0, 0.05) is 12.6 Å². The van der Waals surface area contributed by atoms with Crippen molar-refractivity contribution in [3.8, 4) is 0 Å². The van der Waals surface area contributed by atoms with Crippen molar-refractivity contribution in [3.63, 3.8) is 0 Å². The van der Waals surface area contributed by atoms with E-state index in [-0.39, 0.29) is 11.8 Å². The Balaban J connectivity index is 2.23. The minimum atomic E-state index is -3.22. The Morgan fingerprint density at radius 1 is 1.32 bits per heavy atom. The summed E-state index contributed by atoms with van der Waals surface area (Å²) in [5.74, 6) is 0.0834. The van der Waals surface area contributed by atoms with Crippen LogP contribution in [0.2, 0.25) is 0 Å². The zero-order valence-corrected chi connectivity index (χ0v) is 12.1. The lowest BCUT2D eigenvalue weighted by Crippen LogP contribution is -2.41. The lowest BCUT2D eigenvalue weighted by Gasteiger charge is -2.28. The molecule has 1 aromatic rings. The fraction of sp³-hybridized carbons (Fsp3) is 0.571. The molecule has 1 aliphatic rings. The molecule has 1 fully saturated rings. The highest BCUT2D eigenvalue weighted by atomic mass is 32.2. The summed E-state index contributed by atoms with van der Waals surface area (Å²) in [5.41, 5.74) is 1.02. The topological polar surface area (TPSA) is 46.6 Å². The number of rotatable bonds is 4. The van der Waals surface area contributed by atoms with E-state index in [0.717, 1.165) is 18.4 Å². The Morgan fingerprint density at radius 2 is 2.05 bits per heavy atom. The number of hydrogen-bond donors (Lipinski definition) is 0. The molecule has 0 saturated carbocycles. The van der Waals surface area contributed by atoms with E-state index in [2.05, 4.69) is 6.92 Å². The van der Waals surface area contributed by atoms with Crippen molar-refractivity contribution >= 4 is 10.0 Å². The third-order valence-electron chi connectivity index (χ3n) is 3.36. The molecule has 1 atom stereocenters. The maximum absolute atomic E-state index is 12.3. The number of sulfonamides is 1. The van der Waals surface area contributed by atoms with Crippen LogP contribution in [-0.4, -0.2) is 37.7 Å². The van der Waals surface area contributed by atoms with Crippen LogP contribution in [0.3, 0.4) is 0 Å². The monoisotopic (exact) mass is 283 g/mol.